The van der Waals surface area contributed by atoms with Gasteiger partial charge in [0.1, 0.15) is 5.75 Å². The molecule has 0 unspecified atom stereocenters. The number of ether oxygens (including phenoxy) is 1. The third-order valence-corrected chi connectivity index (χ3v) is 6.85. The highest BCUT2D eigenvalue weighted by atomic mass is 35.5. The number of aryl methyl sites for hydroxylation is 3. The fourth-order valence-electron chi connectivity index (χ4n) is 2.88. The lowest BCUT2D eigenvalue weighted by Gasteiger charge is -2.16. The molecule has 10 heteroatoms. The van der Waals surface area contributed by atoms with E-state index in [1.165, 1.54) is 24.3 Å². The predicted molar refractivity (Wildman–Crippen MR) is 123 cm³/mol. The van der Waals surface area contributed by atoms with Gasteiger partial charge in [-0.05, 0) is 82.1 Å². The standard InChI is InChI=1S/C22H24ClN3O5S/c1-12-10-18(11-13(2)20(12)23)30-16(5)21(27)24-17-6-8-19(9-7-17)32(28,29)26-22-14(3)15(4)25-31-22/h6-11,16,26H,1-5H3,(H,24,27)/t16-/m1/s1. The topological polar surface area (TPSA) is 111 Å². The van der Waals surface area contributed by atoms with Gasteiger partial charge in [-0.1, -0.05) is 16.8 Å². The quantitative estimate of drug-likeness (QED) is 0.507. The molecule has 0 saturated carbocycles. The zero-order chi connectivity index (χ0) is 23.6. The summed E-state index contributed by atoms with van der Waals surface area (Å²) in [5.41, 5.74) is 3.35. The van der Waals surface area contributed by atoms with Crippen LogP contribution < -0.4 is 14.8 Å². The Morgan fingerprint density at radius 1 is 1.09 bits per heavy atom. The molecule has 2 N–H and O–H groups in total. The lowest BCUT2D eigenvalue weighted by atomic mass is 10.1. The Hall–Kier alpha value is -3.04. The molecular weight excluding hydrogens is 454 g/mol. The summed E-state index contributed by atoms with van der Waals surface area (Å²) in [7, 11) is -3.87. The maximum absolute atomic E-state index is 12.6. The Bertz CT molecular complexity index is 1230. The van der Waals surface area contributed by atoms with Crippen molar-refractivity contribution in [3.63, 3.8) is 0 Å². The molecule has 1 heterocycles. The maximum atomic E-state index is 12.6. The molecule has 3 aromatic rings. The Kier molecular flexibility index (Phi) is 6.80. The number of rotatable bonds is 7. The van der Waals surface area contributed by atoms with Crippen molar-refractivity contribution in [3.05, 3.63) is 63.8 Å². The van der Waals surface area contributed by atoms with Gasteiger partial charge in [0.25, 0.3) is 15.9 Å². The number of nitrogens with zero attached hydrogens (tertiary/aromatic N) is 1. The van der Waals surface area contributed by atoms with Gasteiger partial charge in [0, 0.05) is 16.3 Å². The van der Waals surface area contributed by atoms with Crippen molar-refractivity contribution in [1.82, 2.24) is 5.16 Å². The fraction of sp³-hybridized carbons (Fsp3) is 0.273. The molecule has 0 fully saturated rings. The van der Waals surface area contributed by atoms with Crippen LogP contribution >= 0.6 is 11.6 Å². The smallest absolute Gasteiger partial charge is 0.265 e. The van der Waals surface area contributed by atoms with Crippen LogP contribution in [-0.2, 0) is 14.8 Å². The summed E-state index contributed by atoms with van der Waals surface area (Å²) in [5.74, 6) is 0.229. The SMILES string of the molecule is Cc1cc(O[C@H](C)C(=O)Nc2ccc(S(=O)(=O)Nc3onc(C)c3C)cc2)cc(C)c1Cl. The van der Waals surface area contributed by atoms with E-state index in [0.29, 0.717) is 27.7 Å². The summed E-state index contributed by atoms with van der Waals surface area (Å²) in [6.07, 6.45) is -0.780. The van der Waals surface area contributed by atoms with Crippen molar-refractivity contribution in [2.24, 2.45) is 0 Å². The second-order valence-electron chi connectivity index (χ2n) is 7.47. The number of nitrogens with one attached hydrogen (secondary N) is 2. The van der Waals surface area contributed by atoms with Crippen LogP contribution in [0.5, 0.6) is 5.75 Å². The number of carbonyl (C=O) groups is 1. The third kappa shape index (κ3) is 5.23. The average Bonchev–Trinajstić information content (AvgIpc) is 3.04. The van der Waals surface area contributed by atoms with Crippen LogP contribution in [0.25, 0.3) is 0 Å². The van der Waals surface area contributed by atoms with Crippen molar-refractivity contribution in [3.8, 4) is 5.75 Å². The molecule has 0 aliphatic rings. The maximum Gasteiger partial charge on any atom is 0.265 e. The van der Waals surface area contributed by atoms with Crippen molar-refractivity contribution in [2.75, 3.05) is 10.0 Å². The summed E-state index contributed by atoms with van der Waals surface area (Å²) in [6.45, 7) is 8.77. The van der Waals surface area contributed by atoms with Gasteiger partial charge >= 0.3 is 0 Å². The van der Waals surface area contributed by atoms with Crippen LogP contribution in [0.4, 0.5) is 11.6 Å². The molecule has 0 radical (unpaired) electrons. The number of hydrogen-bond donors (Lipinski definition) is 2. The van der Waals surface area contributed by atoms with Gasteiger partial charge in [-0.3, -0.25) is 4.79 Å². The van der Waals surface area contributed by atoms with Gasteiger partial charge in [0.2, 0.25) is 5.88 Å². The van der Waals surface area contributed by atoms with Crippen molar-refractivity contribution in [2.45, 2.75) is 45.6 Å². The van der Waals surface area contributed by atoms with E-state index in [-0.39, 0.29) is 16.7 Å². The van der Waals surface area contributed by atoms with Gasteiger partial charge < -0.3 is 14.6 Å². The van der Waals surface area contributed by atoms with Crippen LogP contribution in [0.2, 0.25) is 5.02 Å². The Morgan fingerprint density at radius 2 is 1.69 bits per heavy atom. The van der Waals surface area contributed by atoms with Gasteiger partial charge in [-0.2, -0.15) is 0 Å². The summed E-state index contributed by atoms with van der Waals surface area (Å²) < 4.78 is 38.2. The monoisotopic (exact) mass is 477 g/mol. The van der Waals surface area contributed by atoms with Crippen LogP contribution in [0, 0.1) is 27.7 Å². The molecule has 0 spiro atoms. The Balaban J connectivity index is 1.65. The summed E-state index contributed by atoms with van der Waals surface area (Å²) in [5, 5.41) is 7.10. The van der Waals surface area contributed by atoms with E-state index in [1.807, 2.05) is 13.8 Å². The van der Waals surface area contributed by atoms with E-state index in [0.717, 1.165) is 11.1 Å². The molecule has 1 atom stereocenters. The molecule has 3 rings (SSSR count). The van der Waals surface area contributed by atoms with Gasteiger partial charge in [0.05, 0.1) is 10.6 Å². The van der Waals surface area contributed by atoms with E-state index >= 15 is 0 Å². The minimum Gasteiger partial charge on any atom is -0.481 e. The zero-order valence-electron chi connectivity index (χ0n) is 18.3. The summed E-state index contributed by atoms with van der Waals surface area (Å²) in [6, 6.07) is 9.29. The largest absolute Gasteiger partial charge is 0.481 e. The summed E-state index contributed by atoms with van der Waals surface area (Å²) >= 11 is 6.16. The number of halogens is 1. The van der Waals surface area contributed by atoms with Crippen LogP contribution in [0.15, 0.2) is 45.8 Å². The lowest BCUT2D eigenvalue weighted by Crippen LogP contribution is -2.30. The molecule has 0 aliphatic heterocycles. The highest BCUT2D eigenvalue weighted by molar-refractivity contribution is 7.92. The van der Waals surface area contributed by atoms with Crippen LogP contribution in [0.1, 0.15) is 29.3 Å². The fourth-order valence-corrected chi connectivity index (χ4v) is 4.04. The molecule has 1 amide bonds. The first-order valence-electron chi connectivity index (χ1n) is 9.78. The van der Waals surface area contributed by atoms with E-state index in [4.69, 9.17) is 20.9 Å². The number of carbonyl (C=O) groups excluding carboxylic acids is 1. The molecule has 2 aromatic carbocycles. The molecule has 8 nitrogen and oxygen atoms in total. The molecule has 0 saturated heterocycles. The molecule has 32 heavy (non-hydrogen) atoms. The molecular formula is C22H24ClN3O5S. The van der Waals surface area contributed by atoms with E-state index in [9.17, 15) is 13.2 Å². The lowest BCUT2D eigenvalue weighted by molar-refractivity contribution is -0.122. The second-order valence-corrected chi connectivity index (χ2v) is 9.53. The average molecular weight is 478 g/mol. The van der Waals surface area contributed by atoms with Gasteiger partial charge in [-0.15, -0.1) is 0 Å². The molecule has 0 aliphatic carbocycles. The van der Waals surface area contributed by atoms with Gasteiger partial charge in [0.15, 0.2) is 6.10 Å². The highest BCUT2D eigenvalue weighted by Gasteiger charge is 2.20. The minimum absolute atomic E-state index is 0.0142. The minimum atomic E-state index is -3.87. The van der Waals surface area contributed by atoms with Crippen molar-refractivity contribution >= 4 is 39.1 Å². The first kappa shape index (κ1) is 23.6. The first-order chi connectivity index (χ1) is 15.0. The van der Waals surface area contributed by atoms with Crippen LogP contribution in [-0.4, -0.2) is 25.6 Å². The van der Waals surface area contributed by atoms with E-state index in [1.54, 1.807) is 32.9 Å². The van der Waals surface area contributed by atoms with Crippen LogP contribution in [0.3, 0.4) is 0 Å². The molecule has 1 aromatic heterocycles. The van der Waals surface area contributed by atoms with Crippen molar-refractivity contribution in [1.29, 1.82) is 0 Å². The van der Waals surface area contributed by atoms with E-state index in [2.05, 4.69) is 15.2 Å². The second kappa shape index (κ2) is 9.22. The number of benzene rings is 2. The number of aromatic nitrogens is 1. The zero-order valence-corrected chi connectivity index (χ0v) is 19.9. The predicted octanol–water partition coefficient (Wildman–Crippen LogP) is 4.77. The number of anilines is 2. The number of amides is 1. The molecule has 170 valence electrons. The normalized spacial score (nSPS) is 12.3. The van der Waals surface area contributed by atoms with E-state index < -0.39 is 16.1 Å². The Morgan fingerprint density at radius 3 is 2.22 bits per heavy atom. The highest BCUT2D eigenvalue weighted by Crippen LogP contribution is 2.27. The third-order valence-electron chi connectivity index (χ3n) is 4.91. The molecule has 0 bridgehead atoms. The Labute approximate surface area is 192 Å². The van der Waals surface area contributed by atoms with Gasteiger partial charge in [-0.25, -0.2) is 13.1 Å². The van der Waals surface area contributed by atoms with Crippen molar-refractivity contribution < 1.29 is 22.5 Å². The number of hydrogen-bond acceptors (Lipinski definition) is 6. The first-order valence-corrected chi connectivity index (χ1v) is 11.6. The number of sulfonamides is 1. The summed E-state index contributed by atoms with van der Waals surface area (Å²) in [4.78, 5) is 12.5.